The topological polar surface area (TPSA) is 102 Å². The molecular formula is C29H46N4O4. The Kier molecular flexibility index (Phi) is 12.8. The Morgan fingerprint density at radius 3 is 2.24 bits per heavy atom. The van der Waals surface area contributed by atoms with Gasteiger partial charge in [-0.05, 0) is 69.1 Å². The fraction of sp³-hybridized carbons (Fsp3) is 0.621. The summed E-state index contributed by atoms with van der Waals surface area (Å²) >= 11 is 0. The van der Waals surface area contributed by atoms with E-state index >= 15 is 0 Å². The molecule has 37 heavy (non-hydrogen) atoms. The number of carbonyl (C=O) groups excluding carboxylic acids is 3. The van der Waals surface area contributed by atoms with E-state index in [9.17, 15) is 19.6 Å². The molecule has 0 saturated carbocycles. The molecule has 0 unspecified atom stereocenters. The number of nitrogens with one attached hydrogen (secondary N) is 2. The summed E-state index contributed by atoms with van der Waals surface area (Å²) in [6.07, 6.45) is 6.81. The predicted octanol–water partition coefficient (Wildman–Crippen LogP) is 4.12. The minimum Gasteiger partial charge on any atom is -0.306 e. The molecule has 0 radical (unpaired) electrons. The number of piperidine rings is 1. The first-order valence-corrected chi connectivity index (χ1v) is 13.6. The summed E-state index contributed by atoms with van der Waals surface area (Å²) in [4.78, 5) is 41.8. The van der Waals surface area contributed by atoms with Gasteiger partial charge < -0.3 is 4.90 Å². The molecule has 1 aromatic rings. The van der Waals surface area contributed by atoms with Crippen LogP contribution >= 0.6 is 0 Å². The van der Waals surface area contributed by atoms with Crippen LogP contribution < -0.4 is 10.9 Å². The average Bonchev–Trinajstić information content (AvgIpc) is 2.86. The highest BCUT2D eigenvalue weighted by atomic mass is 16.5. The van der Waals surface area contributed by atoms with Crippen molar-refractivity contribution in [1.82, 2.24) is 20.8 Å². The Labute approximate surface area is 222 Å². The van der Waals surface area contributed by atoms with Crippen LogP contribution in [0.5, 0.6) is 0 Å². The molecule has 0 aliphatic carbocycles. The Bertz CT molecular complexity index is 879. The first-order chi connectivity index (χ1) is 17.6. The number of hydrogen-bond acceptors (Lipinski definition) is 5. The summed E-state index contributed by atoms with van der Waals surface area (Å²) in [5.74, 6) is -1.95. The summed E-state index contributed by atoms with van der Waals surface area (Å²) < 4.78 is 0. The molecule has 3 amide bonds. The van der Waals surface area contributed by atoms with Crippen molar-refractivity contribution in [1.29, 1.82) is 0 Å². The Morgan fingerprint density at radius 1 is 1.03 bits per heavy atom. The van der Waals surface area contributed by atoms with Crippen molar-refractivity contribution in [2.75, 3.05) is 26.7 Å². The van der Waals surface area contributed by atoms with E-state index in [0.29, 0.717) is 25.3 Å². The second-order valence-electron chi connectivity index (χ2n) is 11.2. The lowest BCUT2D eigenvalue weighted by molar-refractivity contribution is -0.148. The molecule has 206 valence electrons. The minimum absolute atomic E-state index is 0.0907. The van der Waals surface area contributed by atoms with Gasteiger partial charge in [0.15, 0.2) is 0 Å². The van der Waals surface area contributed by atoms with Crippen LogP contribution in [0.1, 0.15) is 65.4 Å². The molecule has 1 heterocycles. The number of hydroxylamine groups is 1. The second-order valence-corrected chi connectivity index (χ2v) is 11.2. The van der Waals surface area contributed by atoms with E-state index in [1.54, 1.807) is 5.48 Å². The first kappa shape index (κ1) is 30.5. The fourth-order valence-corrected chi connectivity index (χ4v) is 4.83. The van der Waals surface area contributed by atoms with Crippen molar-refractivity contribution < 1.29 is 19.6 Å². The SMILES string of the molecule is CC(C)C[C@@H](C(=O)NN(CC(C)C)C(=O)CC1CCN(C)CC1)[C@H](C/C=C/c1ccccc1)C(=O)NO. The smallest absolute Gasteiger partial charge is 0.247 e. The molecule has 2 atom stereocenters. The van der Waals surface area contributed by atoms with Crippen molar-refractivity contribution in [3.8, 4) is 0 Å². The molecule has 1 saturated heterocycles. The Hall–Kier alpha value is -2.71. The van der Waals surface area contributed by atoms with Crippen LogP contribution in [0.3, 0.4) is 0 Å². The second kappa shape index (κ2) is 15.5. The van der Waals surface area contributed by atoms with E-state index in [2.05, 4.69) is 17.4 Å². The van der Waals surface area contributed by atoms with E-state index in [1.807, 2.05) is 70.2 Å². The number of hydrogen-bond donors (Lipinski definition) is 3. The maximum absolute atomic E-state index is 13.6. The molecule has 8 heteroatoms. The number of likely N-dealkylation sites (tertiary alicyclic amines) is 1. The third-order valence-corrected chi connectivity index (χ3v) is 6.89. The lowest BCUT2D eigenvalue weighted by atomic mass is 9.82. The lowest BCUT2D eigenvalue weighted by Crippen LogP contribution is -2.52. The molecule has 2 rings (SSSR count). The zero-order chi connectivity index (χ0) is 27.4. The van der Waals surface area contributed by atoms with Crippen molar-refractivity contribution in [3.63, 3.8) is 0 Å². The van der Waals surface area contributed by atoms with Crippen molar-refractivity contribution >= 4 is 23.8 Å². The van der Waals surface area contributed by atoms with Crippen LogP contribution in [0, 0.1) is 29.6 Å². The standard InChI is InChI=1S/C29H46N4O4/c1-21(2)18-26(25(29(36)31-37)13-9-12-23-10-7-6-8-11-23)28(35)30-33(20-22(3)4)27(34)19-24-14-16-32(5)17-15-24/h6-12,21-22,24-26,37H,13-20H2,1-5H3,(H,30,35)(H,31,36)/b12-9+/t25-,26+/m0/s1. The number of carbonyl (C=O) groups is 3. The van der Waals surface area contributed by atoms with Gasteiger partial charge >= 0.3 is 0 Å². The fourth-order valence-electron chi connectivity index (χ4n) is 4.83. The highest BCUT2D eigenvalue weighted by Crippen LogP contribution is 2.26. The van der Waals surface area contributed by atoms with Gasteiger partial charge in [0.1, 0.15) is 0 Å². The van der Waals surface area contributed by atoms with Crippen LogP contribution in [0.15, 0.2) is 36.4 Å². The lowest BCUT2D eigenvalue weighted by Gasteiger charge is -2.33. The maximum Gasteiger partial charge on any atom is 0.247 e. The van der Waals surface area contributed by atoms with E-state index in [4.69, 9.17) is 0 Å². The van der Waals surface area contributed by atoms with E-state index in [0.717, 1.165) is 31.5 Å². The molecule has 3 N–H and O–H groups in total. The Morgan fingerprint density at radius 2 is 1.68 bits per heavy atom. The normalized spacial score (nSPS) is 16.6. The number of amides is 3. The summed E-state index contributed by atoms with van der Waals surface area (Å²) in [7, 11) is 2.09. The van der Waals surface area contributed by atoms with Crippen LogP contribution in [-0.2, 0) is 14.4 Å². The quantitative estimate of drug-likeness (QED) is 0.288. The number of rotatable bonds is 12. The third kappa shape index (κ3) is 10.7. The Balaban J connectivity index is 2.19. The molecule has 0 aromatic heterocycles. The number of benzene rings is 1. The number of nitrogens with zero attached hydrogens (tertiary/aromatic N) is 2. The van der Waals surface area contributed by atoms with Gasteiger partial charge in [-0.15, -0.1) is 0 Å². The molecule has 1 aliphatic rings. The number of allylic oxidation sites excluding steroid dienone is 1. The molecule has 0 spiro atoms. The van der Waals surface area contributed by atoms with Gasteiger partial charge in [-0.3, -0.25) is 30.0 Å². The van der Waals surface area contributed by atoms with Gasteiger partial charge in [-0.2, -0.15) is 0 Å². The van der Waals surface area contributed by atoms with Gasteiger partial charge in [-0.1, -0.05) is 70.2 Å². The van der Waals surface area contributed by atoms with Crippen molar-refractivity contribution in [3.05, 3.63) is 42.0 Å². The van der Waals surface area contributed by atoms with Crippen LogP contribution in [0.4, 0.5) is 0 Å². The first-order valence-electron chi connectivity index (χ1n) is 13.6. The van der Waals surface area contributed by atoms with Crippen molar-refractivity contribution in [2.24, 2.45) is 29.6 Å². The van der Waals surface area contributed by atoms with Crippen LogP contribution in [0.25, 0.3) is 6.08 Å². The van der Waals surface area contributed by atoms with Gasteiger partial charge in [0.05, 0.1) is 11.8 Å². The van der Waals surface area contributed by atoms with E-state index in [-0.39, 0.29) is 30.1 Å². The zero-order valence-corrected chi connectivity index (χ0v) is 23.2. The molecule has 1 aromatic carbocycles. The van der Waals surface area contributed by atoms with E-state index < -0.39 is 17.7 Å². The van der Waals surface area contributed by atoms with Gasteiger partial charge in [0.25, 0.3) is 0 Å². The van der Waals surface area contributed by atoms with Gasteiger partial charge in [0.2, 0.25) is 17.7 Å². The van der Waals surface area contributed by atoms with Gasteiger partial charge in [0, 0.05) is 13.0 Å². The molecule has 0 bridgehead atoms. The van der Waals surface area contributed by atoms with Crippen molar-refractivity contribution in [2.45, 2.75) is 59.8 Å². The third-order valence-electron chi connectivity index (χ3n) is 6.89. The van der Waals surface area contributed by atoms with Crippen LogP contribution in [0.2, 0.25) is 0 Å². The summed E-state index contributed by atoms with van der Waals surface area (Å²) in [5, 5.41) is 10.9. The highest BCUT2D eigenvalue weighted by Gasteiger charge is 2.35. The average molecular weight is 515 g/mol. The molecule has 1 fully saturated rings. The monoisotopic (exact) mass is 514 g/mol. The van der Waals surface area contributed by atoms with E-state index in [1.165, 1.54) is 5.01 Å². The summed E-state index contributed by atoms with van der Waals surface area (Å²) in [5.41, 5.74) is 5.60. The van der Waals surface area contributed by atoms with Gasteiger partial charge in [-0.25, -0.2) is 5.48 Å². The molecular weight excluding hydrogens is 468 g/mol. The number of hydrazine groups is 1. The zero-order valence-electron chi connectivity index (χ0n) is 23.2. The minimum atomic E-state index is -0.780. The molecule has 8 nitrogen and oxygen atoms in total. The molecule has 1 aliphatic heterocycles. The highest BCUT2D eigenvalue weighted by molar-refractivity contribution is 5.89. The summed E-state index contributed by atoms with van der Waals surface area (Å²) in [6, 6.07) is 9.70. The maximum atomic E-state index is 13.6. The summed E-state index contributed by atoms with van der Waals surface area (Å²) in [6.45, 7) is 10.3. The van der Waals surface area contributed by atoms with Crippen LogP contribution in [-0.4, -0.2) is 59.5 Å². The largest absolute Gasteiger partial charge is 0.306 e. The predicted molar refractivity (Wildman–Crippen MR) is 146 cm³/mol.